The Hall–Kier alpha value is -6.74. The summed E-state index contributed by atoms with van der Waals surface area (Å²) in [5.41, 5.74) is 10.8. The number of hydrogen-bond acceptors (Lipinski definition) is 8. The second-order valence-corrected chi connectivity index (χ2v) is 11.2. The van der Waals surface area contributed by atoms with Crippen molar-refractivity contribution < 1.29 is 28.7 Å². The van der Waals surface area contributed by atoms with Crippen LogP contribution in [0.2, 0.25) is 0 Å². The zero-order valence-electron chi connectivity index (χ0n) is 29.7. The number of allylic oxidation sites excluding steroid dienone is 1. The van der Waals surface area contributed by atoms with E-state index >= 15 is 0 Å². The van der Waals surface area contributed by atoms with Gasteiger partial charge in [-0.05, 0) is 49.2 Å². The summed E-state index contributed by atoms with van der Waals surface area (Å²) in [6.07, 6.45) is 2.97. The Morgan fingerprint density at radius 2 is 0.962 bits per heavy atom. The zero-order valence-corrected chi connectivity index (χ0v) is 29.7. The van der Waals surface area contributed by atoms with Crippen LogP contribution in [0.3, 0.4) is 0 Å². The lowest BCUT2D eigenvalue weighted by Gasteiger charge is -2.12. The molecule has 0 saturated carbocycles. The van der Waals surface area contributed by atoms with Crippen molar-refractivity contribution in [2.24, 2.45) is 5.73 Å². The van der Waals surface area contributed by atoms with Crippen LogP contribution in [0.4, 0.5) is 11.4 Å². The van der Waals surface area contributed by atoms with Gasteiger partial charge in [-0.3, -0.25) is 19.2 Å². The van der Waals surface area contributed by atoms with Gasteiger partial charge in [0.1, 0.15) is 17.3 Å². The van der Waals surface area contributed by atoms with Crippen molar-refractivity contribution in [2.75, 3.05) is 24.9 Å². The van der Waals surface area contributed by atoms with Crippen LogP contribution in [0.1, 0.15) is 41.8 Å². The first-order valence-electron chi connectivity index (χ1n) is 16.3. The van der Waals surface area contributed by atoms with E-state index in [-0.39, 0.29) is 23.8 Å². The summed E-state index contributed by atoms with van der Waals surface area (Å²) in [6, 6.07) is 43.2. The maximum atomic E-state index is 11.4. The minimum atomic E-state index is -0.501. The van der Waals surface area contributed by atoms with Gasteiger partial charge in [0.25, 0.3) is 0 Å². The second-order valence-electron chi connectivity index (χ2n) is 11.2. The van der Waals surface area contributed by atoms with Gasteiger partial charge in [0.2, 0.25) is 5.91 Å². The fourth-order valence-corrected chi connectivity index (χ4v) is 4.63. The SMILES string of the molecule is CC(=O)CC(=O)c1ccccc1.COc1cccc(N/C(=C\C(C)=O)c2ccccc2)c1.COc1cccc(N/C(=C\C(N)=O)c2ccccc2)c1. The van der Waals surface area contributed by atoms with E-state index in [1.54, 1.807) is 44.6 Å². The molecule has 266 valence electrons. The molecule has 9 heteroatoms. The molecule has 0 radical (unpaired) electrons. The predicted molar refractivity (Wildman–Crippen MR) is 208 cm³/mol. The smallest absolute Gasteiger partial charge is 0.243 e. The number of nitrogens with one attached hydrogen (secondary N) is 2. The van der Waals surface area contributed by atoms with Crippen molar-refractivity contribution in [3.05, 3.63) is 168 Å². The van der Waals surface area contributed by atoms with E-state index in [0.29, 0.717) is 11.3 Å². The van der Waals surface area contributed by atoms with E-state index < -0.39 is 5.91 Å². The zero-order chi connectivity index (χ0) is 37.7. The third-order valence-electron chi connectivity index (χ3n) is 7.01. The number of carbonyl (C=O) groups is 4. The van der Waals surface area contributed by atoms with Crippen LogP contribution >= 0.6 is 0 Å². The Morgan fingerprint density at radius 1 is 0.558 bits per heavy atom. The van der Waals surface area contributed by atoms with E-state index in [1.807, 2.05) is 115 Å². The van der Waals surface area contributed by atoms with E-state index in [9.17, 15) is 19.2 Å². The lowest BCUT2D eigenvalue weighted by Crippen LogP contribution is -2.10. The topological polar surface area (TPSA) is 137 Å². The van der Waals surface area contributed by atoms with Gasteiger partial charge in [-0.15, -0.1) is 0 Å². The van der Waals surface area contributed by atoms with Crippen molar-refractivity contribution in [2.45, 2.75) is 20.3 Å². The fourth-order valence-electron chi connectivity index (χ4n) is 4.63. The Labute approximate surface area is 304 Å². The quantitative estimate of drug-likeness (QED) is 0.0636. The van der Waals surface area contributed by atoms with Gasteiger partial charge in [0, 0.05) is 46.9 Å². The highest BCUT2D eigenvalue weighted by molar-refractivity contribution is 6.07. The Morgan fingerprint density at radius 3 is 1.33 bits per heavy atom. The second kappa shape index (κ2) is 21.4. The number of primary amides is 1. The average molecular weight is 698 g/mol. The molecule has 1 amide bonds. The molecule has 5 rings (SSSR count). The first-order chi connectivity index (χ1) is 25.1. The summed E-state index contributed by atoms with van der Waals surface area (Å²) in [7, 11) is 3.24. The van der Waals surface area contributed by atoms with Gasteiger partial charge in [0.15, 0.2) is 11.6 Å². The number of carbonyl (C=O) groups excluding carboxylic acids is 4. The standard InChI is InChI=1S/C17H17NO2.C16H16N2O2.C10H10O2/c1-13(19)11-17(14-7-4-3-5-8-14)18-15-9-6-10-16(12-15)20-2;1-20-14-9-5-8-13(10-14)18-15(11-16(17)19)12-6-3-2-4-7-12;1-8(11)7-10(12)9-5-3-2-4-6-9/h3-12,18H,1-2H3;2-11,18H,1H3,(H2,17,19);2-6H,7H2,1H3/b17-11-;15-11-;. The van der Waals surface area contributed by atoms with Crippen LogP contribution in [0, 0.1) is 0 Å². The van der Waals surface area contributed by atoms with Gasteiger partial charge >= 0.3 is 0 Å². The molecule has 0 saturated heterocycles. The minimum absolute atomic E-state index is 0.000695. The number of benzene rings is 5. The number of anilines is 2. The minimum Gasteiger partial charge on any atom is -0.497 e. The maximum Gasteiger partial charge on any atom is 0.243 e. The molecule has 5 aromatic carbocycles. The average Bonchev–Trinajstić information content (AvgIpc) is 3.15. The molecule has 0 spiro atoms. The molecule has 0 unspecified atom stereocenters. The number of amides is 1. The van der Waals surface area contributed by atoms with Gasteiger partial charge in [0.05, 0.1) is 26.3 Å². The summed E-state index contributed by atoms with van der Waals surface area (Å²) in [6.45, 7) is 2.96. The third kappa shape index (κ3) is 14.4. The van der Waals surface area contributed by atoms with Gasteiger partial charge < -0.3 is 25.8 Å². The highest BCUT2D eigenvalue weighted by Crippen LogP contribution is 2.23. The van der Waals surface area contributed by atoms with Gasteiger partial charge in [-0.25, -0.2) is 0 Å². The lowest BCUT2D eigenvalue weighted by molar-refractivity contribution is -0.116. The van der Waals surface area contributed by atoms with Crippen LogP contribution in [-0.4, -0.2) is 37.5 Å². The summed E-state index contributed by atoms with van der Waals surface area (Å²) >= 11 is 0. The van der Waals surface area contributed by atoms with E-state index in [2.05, 4.69) is 10.6 Å². The van der Waals surface area contributed by atoms with Crippen molar-refractivity contribution in [3.63, 3.8) is 0 Å². The highest BCUT2D eigenvalue weighted by Gasteiger charge is 2.07. The molecule has 0 aliphatic carbocycles. The molecule has 5 aromatic rings. The summed E-state index contributed by atoms with van der Waals surface area (Å²) in [5.74, 6) is 0.803. The molecule has 0 bridgehead atoms. The van der Waals surface area contributed by atoms with E-state index in [0.717, 1.165) is 39.7 Å². The number of methoxy groups -OCH3 is 2. The van der Waals surface area contributed by atoms with Crippen molar-refractivity contribution in [3.8, 4) is 11.5 Å². The van der Waals surface area contributed by atoms with Crippen LogP contribution < -0.4 is 25.8 Å². The van der Waals surface area contributed by atoms with Crippen LogP contribution in [-0.2, 0) is 14.4 Å². The molecule has 9 nitrogen and oxygen atoms in total. The van der Waals surface area contributed by atoms with Crippen molar-refractivity contribution in [1.82, 2.24) is 0 Å². The Bertz CT molecular complexity index is 1860. The molecule has 0 heterocycles. The van der Waals surface area contributed by atoms with E-state index in [1.165, 1.54) is 19.9 Å². The van der Waals surface area contributed by atoms with Crippen LogP contribution in [0.5, 0.6) is 11.5 Å². The number of ketones is 3. The largest absolute Gasteiger partial charge is 0.497 e. The van der Waals surface area contributed by atoms with E-state index in [4.69, 9.17) is 15.2 Å². The Kier molecular flexibility index (Phi) is 16.3. The summed E-state index contributed by atoms with van der Waals surface area (Å²) in [5, 5.41) is 6.44. The molecule has 4 N–H and O–H groups in total. The Balaban J connectivity index is 0.000000218. The molecule has 0 aliphatic heterocycles. The molecule has 0 atom stereocenters. The number of hydrogen-bond donors (Lipinski definition) is 3. The maximum absolute atomic E-state index is 11.4. The number of nitrogens with two attached hydrogens (primary N) is 1. The molecule has 0 aliphatic rings. The van der Waals surface area contributed by atoms with Crippen molar-refractivity contribution in [1.29, 1.82) is 0 Å². The lowest BCUT2D eigenvalue weighted by atomic mass is 10.1. The highest BCUT2D eigenvalue weighted by atomic mass is 16.5. The monoisotopic (exact) mass is 697 g/mol. The molecular formula is C43H43N3O6. The molecule has 52 heavy (non-hydrogen) atoms. The first-order valence-corrected chi connectivity index (χ1v) is 16.3. The number of ether oxygens (including phenoxy) is 2. The normalized spacial score (nSPS) is 10.6. The van der Waals surface area contributed by atoms with Crippen molar-refractivity contribution >= 4 is 46.0 Å². The third-order valence-corrected chi connectivity index (χ3v) is 7.01. The summed E-state index contributed by atoms with van der Waals surface area (Å²) < 4.78 is 10.4. The predicted octanol–water partition coefficient (Wildman–Crippen LogP) is 8.22. The van der Waals surface area contributed by atoms with Gasteiger partial charge in [-0.1, -0.05) is 103 Å². The molecular weight excluding hydrogens is 654 g/mol. The number of Topliss-reactive ketones (excluding diaryl/α,β-unsaturated/α-hetero) is 2. The molecule has 0 fully saturated rings. The first kappa shape index (κ1) is 39.7. The fraction of sp³-hybridized carbons (Fsp3) is 0.116. The number of rotatable bonds is 13. The summed E-state index contributed by atoms with van der Waals surface area (Å²) in [4.78, 5) is 44.4. The molecule has 0 aromatic heterocycles. The van der Waals surface area contributed by atoms with Crippen LogP contribution in [0.15, 0.2) is 152 Å². The van der Waals surface area contributed by atoms with Gasteiger partial charge in [-0.2, -0.15) is 0 Å². The van der Waals surface area contributed by atoms with Crippen LogP contribution in [0.25, 0.3) is 11.4 Å².